The highest BCUT2D eigenvalue weighted by Gasteiger charge is 2.30. The monoisotopic (exact) mass is 313 g/mol. The van der Waals surface area contributed by atoms with Crippen LogP contribution in [0.25, 0.3) is 11.5 Å². The number of methoxy groups -OCH3 is 1. The number of halogens is 1. The van der Waals surface area contributed by atoms with E-state index in [-0.39, 0.29) is 36.4 Å². The smallest absolute Gasteiger partial charge is 0.408 e. The zero-order valence-electron chi connectivity index (χ0n) is 11.9. The molecule has 1 heterocycles. The van der Waals surface area contributed by atoms with Crippen molar-refractivity contribution in [3.63, 3.8) is 0 Å². The van der Waals surface area contributed by atoms with Crippen LogP contribution in [0.1, 0.15) is 23.2 Å². The number of aryl methyl sites for hydroxylation is 1. The molecule has 0 atom stereocenters. The number of oxazole rings is 1. The van der Waals surface area contributed by atoms with Gasteiger partial charge >= 0.3 is 17.6 Å². The molecule has 6 nitrogen and oxygen atoms in total. The van der Waals surface area contributed by atoms with Crippen LogP contribution in [-0.4, -0.2) is 19.7 Å². The first-order valence-electron chi connectivity index (χ1n) is 6.13. The van der Waals surface area contributed by atoms with Crippen molar-refractivity contribution in [1.29, 1.82) is 0 Å². The molecule has 21 heavy (non-hydrogen) atoms. The van der Waals surface area contributed by atoms with Crippen molar-refractivity contribution in [1.82, 2.24) is 0 Å². The molecular formula is C14H16ClNO5. The molecule has 0 fully saturated rings. The maximum Gasteiger partial charge on any atom is 0.408 e. The molecule has 0 saturated heterocycles. The molecule has 1 aromatic carbocycles. The molecule has 0 aliphatic rings. The van der Waals surface area contributed by atoms with Crippen molar-refractivity contribution in [2.75, 3.05) is 13.7 Å². The van der Waals surface area contributed by atoms with Crippen molar-refractivity contribution >= 4 is 18.4 Å². The molecule has 0 aliphatic heterocycles. The van der Waals surface area contributed by atoms with Crippen molar-refractivity contribution in [2.45, 2.75) is 13.8 Å². The summed E-state index contributed by atoms with van der Waals surface area (Å²) in [7, 11) is 1.55. The average molecular weight is 314 g/mol. The van der Waals surface area contributed by atoms with Gasteiger partial charge in [0.05, 0.1) is 19.3 Å². The van der Waals surface area contributed by atoms with Crippen LogP contribution in [0.15, 0.2) is 28.7 Å². The summed E-state index contributed by atoms with van der Waals surface area (Å²) >= 11 is 0. The minimum absolute atomic E-state index is 0. The number of aromatic nitrogens is 1. The van der Waals surface area contributed by atoms with Gasteiger partial charge in [0.25, 0.3) is 0 Å². The third-order valence-electron chi connectivity index (χ3n) is 2.78. The van der Waals surface area contributed by atoms with Gasteiger partial charge in [-0.05, 0) is 31.2 Å². The van der Waals surface area contributed by atoms with Gasteiger partial charge in [0, 0.05) is 6.92 Å². The Kier molecular flexibility index (Phi) is 5.60. The molecule has 0 spiro atoms. The van der Waals surface area contributed by atoms with Gasteiger partial charge in [-0.1, -0.05) is 0 Å². The van der Waals surface area contributed by atoms with Crippen LogP contribution >= 0.6 is 12.4 Å². The van der Waals surface area contributed by atoms with Crippen LogP contribution < -0.4 is 9.47 Å². The highest BCUT2D eigenvalue weighted by Crippen LogP contribution is 2.22. The van der Waals surface area contributed by atoms with Crippen LogP contribution in [0.2, 0.25) is 0 Å². The van der Waals surface area contributed by atoms with Gasteiger partial charge in [0.1, 0.15) is 5.75 Å². The standard InChI is InChI=1S/C14H15NO5.ClH/c1-4-19-14(16)12-9(2)20-13(15(12)17)10-5-7-11(18-3)8-6-10;/h5-8H,4H2,1-3H3;1H. The number of hydrogen-bond donors (Lipinski definition) is 0. The lowest BCUT2D eigenvalue weighted by molar-refractivity contribution is -0.599. The Bertz CT molecular complexity index is 621. The largest absolute Gasteiger partial charge is 0.615 e. The van der Waals surface area contributed by atoms with E-state index >= 15 is 0 Å². The van der Waals surface area contributed by atoms with Gasteiger partial charge in [0.15, 0.2) is 5.76 Å². The number of nitrogens with zero attached hydrogens (tertiary/aromatic N) is 1. The Morgan fingerprint density at radius 1 is 1.33 bits per heavy atom. The number of esters is 1. The third-order valence-corrected chi connectivity index (χ3v) is 2.78. The fourth-order valence-corrected chi connectivity index (χ4v) is 1.82. The summed E-state index contributed by atoms with van der Waals surface area (Å²) in [6.07, 6.45) is 0. The zero-order chi connectivity index (χ0) is 14.7. The summed E-state index contributed by atoms with van der Waals surface area (Å²) in [4.78, 5) is 11.7. The van der Waals surface area contributed by atoms with Crippen molar-refractivity contribution < 1.29 is 23.4 Å². The van der Waals surface area contributed by atoms with E-state index in [1.54, 1.807) is 45.2 Å². The Labute approximate surface area is 128 Å². The van der Waals surface area contributed by atoms with E-state index in [4.69, 9.17) is 13.9 Å². The summed E-state index contributed by atoms with van der Waals surface area (Å²) < 4.78 is 15.7. The molecule has 0 amide bonds. The molecule has 114 valence electrons. The lowest BCUT2D eigenvalue weighted by Gasteiger charge is -2.01. The van der Waals surface area contributed by atoms with Crippen molar-refractivity contribution in [3.8, 4) is 17.2 Å². The molecule has 0 saturated carbocycles. The van der Waals surface area contributed by atoms with E-state index in [0.29, 0.717) is 16.0 Å². The van der Waals surface area contributed by atoms with E-state index < -0.39 is 5.97 Å². The predicted molar refractivity (Wildman–Crippen MR) is 77.6 cm³/mol. The third kappa shape index (κ3) is 3.28. The summed E-state index contributed by atoms with van der Waals surface area (Å²) in [5.41, 5.74) is 0.428. The SMILES string of the molecule is CCOC(=O)c1c(C)oc(-c2ccc(OC)cc2)[n+]1[O-].Cl. The molecule has 0 N–H and O–H groups in total. The summed E-state index contributed by atoms with van der Waals surface area (Å²) in [6, 6.07) is 6.77. The number of benzene rings is 1. The van der Waals surface area contributed by atoms with E-state index in [0.717, 1.165) is 0 Å². The lowest BCUT2D eigenvalue weighted by atomic mass is 10.2. The molecule has 1 aromatic heterocycles. The highest BCUT2D eigenvalue weighted by atomic mass is 35.5. The first-order valence-corrected chi connectivity index (χ1v) is 6.13. The normalized spacial score (nSPS) is 9.86. The van der Waals surface area contributed by atoms with Crippen molar-refractivity contribution in [3.05, 3.63) is 40.9 Å². The minimum atomic E-state index is -0.691. The maximum atomic E-state index is 12.2. The van der Waals surface area contributed by atoms with Crippen molar-refractivity contribution in [2.24, 2.45) is 0 Å². The Hall–Kier alpha value is -2.21. The van der Waals surface area contributed by atoms with Crippen LogP contribution in [0.5, 0.6) is 5.75 Å². The summed E-state index contributed by atoms with van der Waals surface area (Å²) in [5.74, 6) is 0.251. The van der Waals surface area contributed by atoms with E-state index in [9.17, 15) is 10.0 Å². The van der Waals surface area contributed by atoms with Crippen LogP contribution in [0.3, 0.4) is 0 Å². The fourth-order valence-electron chi connectivity index (χ4n) is 1.82. The molecule has 0 bridgehead atoms. The highest BCUT2D eigenvalue weighted by molar-refractivity contribution is 5.87. The second kappa shape index (κ2) is 6.99. The van der Waals surface area contributed by atoms with Gasteiger partial charge in [-0.3, -0.25) is 0 Å². The van der Waals surface area contributed by atoms with Crippen LogP contribution in [0, 0.1) is 12.1 Å². The second-order valence-corrected chi connectivity index (χ2v) is 4.06. The number of ether oxygens (including phenoxy) is 2. The number of hydrogen-bond acceptors (Lipinski definition) is 5. The summed E-state index contributed by atoms with van der Waals surface area (Å²) in [5, 5.41) is 12.2. The van der Waals surface area contributed by atoms with E-state index in [1.165, 1.54) is 0 Å². The Morgan fingerprint density at radius 2 is 1.95 bits per heavy atom. The second-order valence-electron chi connectivity index (χ2n) is 4.06. The first-order chi connectivity index (χ1) is 9.58. The van der Waals surface area contributed by atoms with Gasteiger partial charge in [-0.2, -0.15) is 0 Å². The van der Waals surface area contributed by atoms with E-state index in [2.05, 4.69) is 0 Å². The summed E-state index contributed by atoms with van der Waals surface area (Å²) in [6.45, 7) is 3.42. The van der Waals surface area contributed by atoms with Crippen LogP contribution in [-0.2, 0) is 4.74 Å². The predicted octanol–water partition coefficient (Wildman–Crippen LogP) is 2.50. The van der Waals surface area contributed by atoms with Gasteiger partial charge in [-0.15, -0.1) is 17.1 Å². The molecule has 7 heteroatoms. The topological polar surface area (TPSA) is 75.6 Å². The number of carbonyl (C=O) groups excluding carboxylic acids is 1. The average Bonchev–Trinajstić information content (AvgIpc) is 2.74. The zero-order valence-corrected chi connectivity index (χ0v) is 12.7. The van der Waals surface area contributed by atoms with Gasteiger partial charge in [0.2, 0.25) is 0 Å². The van der Waals surface area contributed by atoms with E-state index in [1.807, 2.05) is 0 Å². The van der Waals surface area contributed by atoms with Gasteiger partial charge in [-0.25, -0.2) is 4.79 Å². The molecule has 0 unspecified atom stereocenters. The Balaban J connectivity index is 0.00000220. The maximum absolute atomic E-state index is 12.2. The lowest BCUT2D eigenvalue weighted by Crippen LogP contribution is -2.35. The molecular weight excluding hydrogens is 298 g/mol. The van der Waals surface area contributed by atoms with Crippen LogP contribution in [0.4, 0.5) is 0 Å². The fraction of sp³-hybridized carbons (Fsp3) is 0.286. The molecule has 2 aromatic rings. The molecule has 2 rings (SSSR count). The number of carbonyl (C=O) groups is 1. The quantitative estimate of drug-likeness (QED) is 0.492. The minimum Gasteiger partial charge on any atom is -0.615 e. The Morgan fingerprint density at radius 3 is 2.48 bits per heavy atom. The molecule has 0 aliphatic carbocycles. The van der Waals surface area contributed by atoms with Gasteiger partial charge < -0.3 is 19.1 Å². The number of rotatable bonds is 4. The molecule has 0 radical (unpaired) electrons. The first kappa shape index (κ1) is 16.8.